The predicted octanol–water partition coefficient (Wildman–Crippen LogP) is 3.68. The number of carbonyl (C=O) groups is 2. The van der Waals surface area contributed by atoms with Gasteiger partial charge in [-0.2, -0.15) is 13.2 Å². The zero-order valence-electron chi connectivity index (χ0n) is 12.3. The van der Waals surface area contributed by atoms with Crippen LogP contribution in [0.3, 0.4) is 0 Å². The zero-order chi connectivity index (χ0) is 17.5. The average Bonchev–Trinajstić information content (AvgIpc) is 2.57. The molecule has 1 aromatic heterocycles. The lowest BCUT2D eigenvalue weighted by Crippen LogP contribution is -2.19. The molecule has 2 aromatic rings. The van der Waals surface area contributed by atoms with Crippen molar-refractivity contribution in [2.24, 2.45) is 0 Å². The minimum Gasteiger partial charge on any atom is -0.492 e. The number of methoxy groups -OCH3 is 1. The molecule has 3 rings (SSSR count). The molecule has 0 fully saturated rings. The number of Topliss-reactive ketones (excluding diaryl/α,β-unsaturated/α-hetero) is 1. The number of fused-ring (bicyclic) bond motifs is 1. The first-order valence-corrected chi connectivity index (χ1v) is 6.84. The predicted molar refractivity (Wildman–Crippen MR) is 78.4 cm³/mol. The third-order valence-electron chi connectivity index (χ3n) is 3.59. The lowest BCUT2D eigenvalue weighted by molar-refractivity contribution is -0.137. The molecular weight excluding hydrogens is 323 g/mol. The van der Waals surface area contributed by atoms with Crippen molar-refractivity contribution in [1.29, 1.82) is 0 Å². The summed E-state index contributed by atoms with van der Waals surface area (Å²) in [6.07, 6.45) is -3.38. The van der Waals surface area contributed by atoms with Crippen LogP contribution in [0.2, 0.25) is 0 Å². The molecule has 1 heterocycles. The van der Waals surface area contributed by atoms with Gasteiger partial charge in [0.05, 0.1) is 23.9 Å². The second kappa shape index (κ2) is 5.59. The van der Waals surface area contributed by atoms with E-state index < -0.39 is 23.3 Å². The fourth-order valence-electron chi connectivity index (χ4n) is 2.36. The first kappa shape index (κ1) is 15.9. The smallest absolute Gasteiger partial charge is 0.416 e. The lowest BCUT2D eigenvalue weighted by Gasteiger charge is -2.14. The number of nitrogens with zero attached hydrogens (tertiary/aromatic N) is 1. The number of hydrogen-bond donors (Lipinski definition) is 0. The number of aromatic nitrogens is 1. The molecule has 122 valence electrons. The van der Waals surface area contributed by atoms with Crippen molar-refractivity contribution >= 4 is 11.6 Å². The Balaban J connectivity index is 2.01. The molecule has 7 heteroatoms. The Morgan fingerprint density at radius 3 is 2.25 bits per heavy atom. The van der Waals surface area contributed by atoms with E-state index in [9.17, 15) is 22.8 Å². The van der Waals surface area contributed by atoms with Crippen molar-refractivity contribution in [3.63, 3.8) is 0 Å². The van der Waals surface area contributed by atoms with Gasteiger partial charge in [0.1, 0.15) is 5.69 Å². The van der Waals surface area contributed by atoms with Crippen LogP contribution in [-0.2, 0) is 10.9 Å². The Bertz CT molecular complexity index is 868. The molecule has 0 amide bonds. The van der Waals surface area contributed by atoms with Crippen LogP contribution in [0.25, 0.3) is 11.3 Å². The monoisotopic (exact) mass is 333 g/mol. The third kappa shape index (κ3) is 2.68. The number of pyridine rings is 1. The van der Waals surface area contributed by atoms with E-state index in [1.54, 1.807) is 0 Å². The van der Waals surface area contributed by atoms with Gasteiger partial charge in [-0.25, -0.2) is 4.98 Å². The summed E-state index contributed by atoms with van der Waals surface area (Å²) in [4.78, 5) is 28.3. The van der Waals surface area contributed by atoms with Crippen LogP contribution in [0.5, 0.6) is 0 Å². The summed E-state index contributed by atoms with van der Waals surface area (Å²) in [5, 5.41) is 0. The SMILES string of the molecule is COC1=CC(=O)c2nc(-c3ccc(C(F)(F)F)cc3)ccc2C1=O. The van der Waals surface area contributed by atoms with E-state index in [1.165, 1.54) is 31.4 Å². The first-order chi connectivity index (χ1) is 11.3. The molecule has 0 bridgehead atoms. The molecule has 4 nitrogen and oxygen atoms in total. The number of ketones is 2. The molecule has 24 heavy (non-hydrogen) atoms. The van der Waals surface area contributed by atoms with Gasteiger partial charge >= 0.3 is 6.18 Å². The fraction of sp³-hybridized carbons (Fsp3) is 0.118. The van der Waals surface area contributed by atoms with Crippen LogP contribution in [0, 0.1) is 0 Å². The standard InChI is InChI=1S/C17H10F3NO3/c1-24-14-8-13(22)15-11(16(14)23)6-7-12(21-15)9-2-4-10(5-3-9)17(18,19)20/h2-8H,1H3. The van der Waals surface area contributed by atoms with Crippen LogP contribution >= 0.6 is 0 Å². The Morgan fingerprint density at radius 2 is 1.67 bits per heavy atom. The largest absolute Gasteiger partial charge is 0.492 e. The highest BCUT2D eigenvalue weighted by Crippen LogP contribution is 2.31. The minimum atomic E-state index is -4.43. The van der Waals surface area contributed by atoms with Crippen LogP contribution in [0.15, 0.2) is 48.2 Å². The maximum Gasteiger partial charge on any atom is 0.416 e. The number of alkyl halides is 3. The van der Waals surface area contributed by atoms with E-state index in [-0.39, 0.29) is 17.0 Å². The number of ether oxygens (including phenoxy) is 1. The van der Waals surface area contributed by atoms with Gasteiger partial charge in [0, 0.05) is 11.6 Å². The number of allylic oxidation sites excluding steroid dienone is 2. The molecule has 0 N–H and O–H groups in total. The quantitative estimate of drug-likeness (QED) is 0.841. The molecule has 0 aliphatic heterocycles. The summed E-state index contributed by atoms with van der Waals surface area (Å²) in [7, 11) is 1.28. The van der Waals surface area contributed by atoms with Crippen molar-refractivity contribution in [2.45, 2.75) is 6.18 Å². The number of hydrogen-bond acceptors (Lipinski definition) is 4. The van der Waals surface area contributed by atoms with Gasteiger partial charge in [-0.05, 0) is 24.3 Å². The molecule has 1 aliphatic rings. The molecular formula is C17H10F3NO3. The van der Waals surface area contributed by atoms with Crippen molar-refractivity contribution < 1.29 is 27.5 Å². The van der Waals surface area contributed by atoms with Gasteiger partial charge in [0.15, 0.2) is 5.76 Å². The van der Waals surface area contributed by atoms with Gasteiger partial charge in [-0.1, -0.05) is 12.1 Å². The van der Waals surface area contributed by atoms with Crippen LogP contribution in [-0.4, -0.2) is 23.7 Å². The molecule has 0 spiro atoms. The second-order valence-corrected chi connectivity index (χ2v) is 5.07. The van der Waals surface area contributed by atoms with E-state index in [0.717, 1.165) is 18.2 Å². The normalized spacial score (nSPS) is 14.2. The van der Waals surface area contributed by atoms with Crippen LogP contribution < -0.4 is 0 Å². The molecule has 0 saturated carbocycles. The fourth-order valence-corrected chi connectivity index (χ4v) is 2.36. The highest BCUT2D eigenvalue weighted by Gasteiger charge is 2.30. The van der Waals surface area contributed by atoms with E-state index >= 15 is 0 Å². The first-order valence-electron chi connectivity index (χ1n) is 6.84. The summed E-state index contributed by atoms with van der Waals surface area (Å²) >= 11 is 0. The Labute approximate surface area is 134 Å². The van der Waals surface area contributed by atoms with Gasteiger partial charge < -0.3 is 4.74 Å². The zero-order valence-corrected chi connectivity index (χ0v) is 12.3. The van der Waals surface area contributed by atoms with E-state index in [0.29, 0.717) is 11.3 Å². The molecule has 0 saturated heterocycles. The lowest BCUT2D eigenvalue weighted by atomic mass is 9.97. The topological polar surface area (TPSA) is 56.3 Å². The Kier molecular flexibility index (Phi) is 3.71. The maximum atomic E-state index is 12.6. The van der Waals surface area contributed by atoms with Crippen molar-refractivity contribution in [3.05, 3.63) is 65.1 Å². The average molecular weight is 333 g/mol. The Hall–Kier alpha value is -2.96. The van der Waals surface area contributed by atoms with Crippen molar-refractivity contribution in [2.75, 3.05) is 7.11 Å². The summed E-state index contributed by atoms with van der Waals surface area (Å²) < 4.78 is 42.6. The Morgan fingerprint density at radius 1 is 1.00 bits per heavy atom. The highest BCUT2D eigenvalue weighted by atomic mass is 19.4. The molecule has 1 aromatic carbocycles. The molecule has 1 aliphatic carbocycles. The summed E-state index contributed by atoms with van der Waals surface area (Å²) in [6.45, 7) is 0. The third-order valence-corrected chi connectivity index (χ3v) is 3.59. The van der Waals surface area contributed by atoms with E-state index in [4.69, 9.17) is 4.74 Å². The summed E-state index contributed by atoms with van der Waals surface area (Å²) in [5.41, 5.74) is 0.00167. The minimum absolute atomic E-state index is 0.0433. The number of carbonyl (C=O) groups excluding carboxylic acids is 2. The van der Waals surface area contributed by atoms with Gasteiger partial charge in [0.25, 0.3) is 0 Å². The van der Waals surface area contributed by atoms with Gasteiger partial charge in [0.2, 0.25) is 11.6 Å². The van der Waals surface area contributed by atoms with Gasteiger partial charge in [-0.3, -0.25) is 9.59 Å². The van der Waals surface area contributed by atoms with E-state index in [2.05, 4.69) is 4.98 Å². The number of halogens is 3. The van der Waals surface area contributed by atoms with Crippen molar-refractivity contribution in [3.8, 4) is 11.3 Å². The number of benzene rings is 1. The van der Waals surface area contributed by atoms with Crippen LogP contribution in [0.4, 0.5) is 13.2 Å². The van der Waals surface area contributed by atoms with Gasteiger partial charge in [-0.15, -0.1) is 0 Å². The number of rotatable bonds is 2. The second-order valence-electron chi connectivity index (χ2n) is 5.07. The van der Waals surface area contributed by atoms with E-state index in [1.807, 2.05) is 0 Å². The van der Waals surface area contributed by atoms with Crippen LogP contribution in [0.1, 0.15) is 26.4 Å². The molecule has 0 atom stereocenters. The highest BCUT2D eigenvalue weighted by molar-refractivity contribution is 6.23. The molecule has 0 radical (unpaired) electrons. The van der Waals surface area contributed by atoms with Crippen molar-refractivity contribution in [1.82, 2.24) is 4.98 Å². The summed E-state index contributed by atoms with van der Waals surface area (Å²) in [5.74, 6) is -1.02. The molecule has 0 unspecified atom stereocenters. The maximum absolute atomic E-state index is 12.6. The summed E-state index contributed by atoms with van der Waals surface area (Å²) in [6, 6.07) is 7.30.